The Kier molecular flexibility index (Phi) is 5.75. The second-order valence-corrected chi connectivity index (χ2v) is 10.7. The average Bonchev–Trinajstić information content (AvgIpc) is 2.65. The third kappa shape index (κ3) is 4.72. The molecule has 0 radical (unpaired) electrons. The number of amides is 1. The lowest BCUT2D eigenvalue weighted by molar-refractivity contribution is 0.102. The lowest BCUT2D eigenvalue weighted by Gasteiger charge is -2.14. The van der Waals surface area contributed by atoms with Crippen molar-refractivity contribution in [3.63, 3.8) is 0 Å². The van der Waals surface area contributed by atoms with Crippen LogP contribution in [0.25, 0.3) is 10.8 Å². The van der Waals surface area contributed by atoms with E-state index in [9.17, 15) is 43.7 Å². The molecule has 3 aromatic rings. The Balaban J connectivity index is 2.31. The maximum Gasteiger partial charge on any atom is 0.295 e. The van der Waals surface area contributed by atoms with Crippen LogP contribution in [0.1, 0.15) is 10.4 Å². The minimum Gasteiger partial charge on any atom is -0.399 e. The van der Waals surface area contributed by atoms with Gasteiger partial charge >= 0.3 is 0 Å². The van der Waals surface area contributed by atoms with Crippen molar-refractivity contribution in [1.82, 2.24) is 0 Å². The molecule has 0 saturated carbocycles. The molecule has 0 fully saturated rings. The smallest absolute Gasteiger partial charge is 0.295 e. The molecule has 1 amide bonds. The highest BCUT2D eigenvalue weighted by atomic mass is 32.2. The van der Waals surface area contributed by atoms with Crippen molar-refractivity contribution in [3.8, 4) is 0 Å². The van der Waals surface area contributed by atoms with E-state index in [2.05, 4.69) is 5.32 Å². The standard InChI is InChI=1S/C17H14N2O10S3/c18-10-4-5-12(15(7-10)32(27,28)29)17(20)19-13-8-11(30(21,22)23)6-9-2-1-3-14(16(9)13)31(24,25)26/h1-8H,18H2,(H,19,20)(H,21,22,23)(H,24,25,26)(H,27,28,29). The zero-order chi connectivity index (χ0) is 24.1. The molecule has 0 aliphatic rings. The molecule has 170 valence electrons. The molecule has 15 heteroatoms. The van der Waals surface area contributed by atoms with Gasteiger partial charge in [0.1, 0.15) is 9.79 Å². The van der Waals surface area contributed by atoms with Gasteiger partial charge in [-0.3, -0.25) is 18.5 Å². The Morgan fingerprint density at radius 2 is 1.41 bits per heavy atom. The van der Waals surface area contributed by atoms with Crippen LogP contribution in [0.15, 0.2) is 63.2 Å². The molecule has 0 spiro atoms. The van der Waals surface area contributed by atoms with Crippen molar-refractivity contribution >= 4 is 58.4 Å². The number of nitrogen functional groups attached to an aromatic ring is 1. The Bertz CT molecular complexity index is 1600. The highest BCUT2D eigenvalue weighted by Crippen LogP contribution is 2.33. The zero-order valence-electron chi connectivity index (χ0n) is 15.6. The van der Waals surface area contributed by atoms with Gasteiger partial charge in [0.05, 0.1) is 16.1 Å². The maximum atomic E-state index is 12.8. The van der Waals surface area contributed by atoms with E-state index in [1.165, 1.54) is 12.1 Å². The lowest BCUT2D eigenvalue weighted by atomic mass is 10.1. The number of nitrogens with one attached hydrogen (secondary N) is 1. The number of carbonyl (C=O) groups excluding carboxylic acids is 1. The molecule has 0 aliphatic carbocycles. The Morgan fingerprint density at radius 1 is 0.781 bits per heavy atom. The summed E-state index contributed by atoms with van der Waals surface area (Å²) in [5.74, 6) is -1.20. The van der Waals surface area contributed by atoms with Crippen molar-refractivity contribution in [3.05, 3.63) is 54.1 Å². The lowest BCUT2D eigenvalue weighted by Crippen LogP contribution is -2.17. The van der Waals surface area contributed by atoms with Crippen LogP contribution in [0, 0.1) is 0 Å². The summed E-state index contributed by atoms with van der Waals surface area (Å²) < 4.78 is 98.5. The van der Waals surface area contributed by atoms with Crippen molar-refractivity contribution in [2.24, 2.45) is 0 Å². The number of carbonyl (C=O) groups is 1. The van der Waals surface area contributed by atoms with Crippen molar-refractivity contribution in [2.75, 3.05) is 11.1 Å². The summed E-state index contributed by atoms with van der Waals surface area (Å²) in [6, 6.07) is 7.96. The van der Waals surface area contributed by atoms with Crippen molar-refractivity contribution < 1.29 is 43.7 Å². The number of hydrogen-bond donors (Lipinski definition) is 5. The number of fused-ring (bicyclic) bond motifs is 1. The fourth-order valence-electron chi connectivity index (χ4n) is 2.96. The zero-order valence-corrected chi connectivity index (χ0v) is 18.1. The highest BCUT2D eigenvalue weighted by molar-refractivity contribution is 7.86. The highest BCUT2D eigenvalue weighted by Gasteiger charge is 2.24. The van der Waals surface area contributed by atoms with Crippen molar-refractivity contribution in [1.29, 1.82) is 0 Å². The van der Waals surface area contributed by atoms with Crippen LogP contribution in [-0.4, -0.2) is 44.8 Å². The molecule has 3 rings (SSSR count). The molecular weight excluding hydrogens is 488 g/mol. The van der Waals surface area contributed by atoms with Crippen LogP contribution in [0.4, 0.5) is 11.4 Å². The molecule has 12 nitrogen and oxygen atoms in total. The number of anilines is 2. The molecule has 0 unspecified atom stereocenters. The fourth-order valence-corrected chi connectivity index (χ4v) is 4.96. The van der Waals surface area contributed by atoms with Crippen molar-refractivity contribution in [2.45, 2.75) is 14.7 Å². The van der Waals surface area contributed by atoms with Crippen LogP contribution in [0.2, 0.25) is 0 Å². The number of benzene rings is 3. The van der Waals surface area contributed by atoms with Crippen LogP contribution < -0.4 is 11.1 Å². The summed E-state index contributed by atoms with van der Waals surface area (Å²) in [5, 5.41) is 1.73. The summed E-state index contributed by atoms with van der Waals surface area (Å²) in [4.78, 5) is 10.5. The summed E-state index contributed by atoms with van der Waals surface area (Å²) in [6.07, 6.45) is 0. The van der Waals surface area contributed by atoms with Gasteiger partial charge in [-0.1, -0.05) is 12.1 Å². The maximum absolute atomic E-state index is 12.8. The Morgan fingerprint density at radius 3 is 1.97 bits per heavy atom. The van der Waals surface area contributed by atoms with Crippen LogP contribution in [0.3, 0.4) is 0 Å². The first-order chi connectivity index (χ1) is 14.6. The van der Waals surface area contributed by atoms with E-state index in [-0.39, 0.29) is 16.5 Å². The van der Waals surface area contributed by atoms with E-state index >= 15 is 0 Å². The minimum absolute atomic E-state index is 0.0957. The third-order valence-electron chi connectivity index (χ3n) is 4.26. The minimum atomic E-state index is -4.91. The van der Waals surface area contributed by atoms with Gasteiger partial charge in [0.2, 0.25) is 0 Å². The second-order valence-electron chi connectivity index (χ2n) is 6.46. The predicted molar refractivity (Wildman–Crippen MR) is 112 cm³/mol. The van der Waals surface area contributed by atoms with Gasteiger partial charge in [-0.2, -0.15) is 25.3 Å². The van der Waals surface area contributed by atoms with Gasteiger partial charge in [0.25, 0.3) is 36.3 Å². The molecule has 0 aromatic heterocycles. The molecular formula is C17H14N2O10S3. The van der Waals surface area contributed by atoms with E-state index in [1.54, 1.807) is 0 Å². The normalized spacial score (nSPS) is 12.6. The van der Waals surface area contributed by atoms with Crippen LogP contribution in [-0.2, 0) is 30.4 Å². The third-order valence-corrected chi connectivity index (χ3v) is 6.89. The first-order valence-electron chi connectivity index (χ1n) is 8.29. The first kappa shape index (κ1) is 23.6. The quantitative estimate of drug-likeness (QED) is 0.248. The molecule has 32 heavy (non-hydrogen) atoms. The van der Waals surface area contributed by atoms with E-state index in [0.29, 0.717) is 6.07 Å². The molecule has 0 heterocycles. The monoisotopic (exact) mass is 502 g/mol. The Hall–Kier alpha value is -3.08. The topological polar surface area (TPSA) is 218 Å². The fraction of sp³-hybridized carbons (Fsp3) is 0. The summed E-state index contributed by atoms with van der Waals surface area (Å²) in [6.45, 7) is 0. The van der Waals surface area contributed by atoms with Gasteiger partial charge in [-0.15, -0.1) is 0 Å². The first-order valence-corrected chi connectivity index (χ1v) is 12.6. The molecule has 0 bridgehead atoms. The SMILES string of the molecule is Nc1ccc(C(=O)Nc2cc(S(=O)(=O)O)cc3cccc(S(=O)(=O)O)c23)c(S(=O)(=O)O)c1. The predicted octanol–water partition coefficient (Wildman–Crippen LogP) is 1.41. The van der Waals surface area contributed by atoms with E-state index < -0.39 is 62.2 Å². The van der Waals surface area contributed by atoms with Gasteiger partial charge in [-0.05, 0) is 41.8 Å². The average molecular weight is 503 g/mol. The molecule has 6 N–H and O–H groups in total. The molecule has 0 aliphatic heterocycles. The van der Waals surface area contributed by atoms with Gasteiger partial charge in [0, 0.05) is 11.1 Å². The molecule has 0 atom stereocenters. The largest absolute Gasteiger partial charge is 0.399 e. The van der Waals surface area contributed by atoms with Gasteiger partial charge in [-0.25, -0.2) is 0 Å². The van der Waals surface area contributed by atoms with E-state index in [1.807, 2.05) is 0 Å². The number of rotatable bonds is 5. The molecule has 3 aromatic carbocycles. The van der Waals surface area contributed by atoms with E-state index in [0.717, 1.165) is 30.3 Å². The summed E-state index contributed by atoms with van der Waals surface area (Å²) >= 11 is 0. The number of nitrogens with two attached hydrogens (primary N) is 1. The Labute approximate surface area is 181 Å². The molecule has 0 saturated heterocycles. The summed E-state index contributed by atoms with van der Waals surface area (Å²) in [5.41, 5.74) is 4.30. The van der Waals surface area contributed by atoms with Crippen LogP contribution >= 0.6 is 0 Å². The van der Waals surface area contributed by atoms with Gasteiger partial charge in [0.15, 0.2) is 0 Å². The van der Waals surface area contributed by atoms with Crippen LogP contribution in [0.5, 0.6) is 0 Å². The van der Waals surface area contributed by atoms with Gasteiger partial charge < -0.3 is 11.1 Å². The summed E-state index contributed by atoms with van der Waals surface area (Å²) in [7, 11) is -14.6. The second kappa shape index (κ2) is 7.80. The van der Waals surface area contributed by atoms with E-state index in [4.69, 9.17) is 5.73 Å². The number of hydrogen-bond acceptors (Lipinski definition) is 8.